The van der Waals surface area contributed by atoms with Gasteiger partial charge in [-0.15, -0.1) is 0 Å². The third-order valence-electron chi connectivity index (χ3n) is 5.14. The van der Waals surface area contributed by atoms with Gasteiger partial charge >= 0.3 is 0 Å². The minimum Gasteiger partial charge on any atom is -0.354 e. The molecule has 2 aliphatic rings. The highest BCUT2D eigenvalue weighted by Gasteiger charge is 2.37. The van der Waals surface area contributed by atoms with Crippen molar-refractivity contribution in [2.45, 2.75) is 46.1 Å². The summed E-state index contributed by atoms with van der Waals surface area (Å²) in [6.45, 7) is 7.05. The van der Waals surface area contributed by atoms with Gasteiger partial charge in [-0.25, -0.2) is 0 Å². The smallest absolute Gasteiger partial charge is 0.227 e. The lowest BCUT2D eigenvalue weighted by Crippen LogP contribution is -2.41. The third-order valence-corrected chi connectivity index (χ3v) is 5.14. The van der Waals surface area contributed by atoms with Gasteiger partial charge in [-0.05, 0) is 50.7 Å². The SMILES string of the molecule is Cc1cc(C)c(N2CC(C(=O)NCC(N)C3CC3)CC2=O)c(C)c1. The minimum atomic E-state index is -0.288. The molecule has 1 aromatic carbocycles. The predicted octanol–water partition coefficient (Wildman–Crippen LogP) is 1.82. The summed E-state index contributed by atoms with van der Waals surface area (Å²) in [6, 6.07) is 4.21. The van der Waals surface area contributed by atoms with Gasteiger partial charge in [0.15, 0.2) is 0 Å². The fourth-order valence-corrected chi connectivity index (χ4v) is 3.75. The number of nitrogens with one attached hydrogen (secondary N) is 1. The summed E-state index contributed by atoms with van der Waals surface area (Å²) in [5.41, 5.74) is 10.3. The molecule has 0 spiro atoms. The van der Waals surface area contributed by atoms with Crippen molar-refractivity contribution >= 4 is 17.5 Å². The van der Waals surface area contributed by atoms with Crippen LogP contribution in [-0.4, -0.2) is 30.9 Å². The first-order valence-electron chi connectivity index (χ1n) is 8.78. The molecule has 5 heteroatoms. The van der Waals surface area contributed by atoms with Crippen molar-refractivity contribution in [2.24, 2.45) is 17.6 Å². The number of carbonyl (C=O) groups excluding carboxylic acids is 2. The largest absolute Gasteiger partial charge is 0.354 e. The summed E-state index contributed by atoms with van der Waals surface area (Å²) < 4.78 is 0. The highest BCUT2D eigenvalue weighted by molar-refractivity contribution is 6.01. The molecule has 1 aliphatic carbocycles. The van der Waals surface area contributed by atoms with E-state index in [1.807, 2.05) is 13.8 Å². The van der Waals surface area contributed by atoms with Crippen molar-refractivity contribution in [1.29, 1.82) is 0 Å². The van der Waals surface area contributed by atoms with Gasteiger partial charge < -0.3 is 16.0 Å². The molecule has 1 saturated heterocycles. The fraction of sp³-hybridized carbons (Fsp3) is 0.579. The van der Waals surface area contributed by atoms with Crippen LogP contribution in [0.2, 0.25) is 0 Å². The van der Waals surface area contributed by atoms with Crippen LogP contribution in [0.4, 0.5) is 5.69 Å². The summed E-state index contributed by atoms with van der Waals surface area (Å²) >= 11 is 0. The van der Waals surface area contributed by atoms with E-state index in [0.29, 0.717) is 19.0 Å². The lowest BCUT2D eigenvalue weighted by molar-refractivity contribution is -0.126. The maximum Gasteiger partial charge on any atom is 0.227 e. The quantitative estimate of drug-likeness (QED) is 0.865. The number of hydrogen-bond donors (Lipinski definition) is 2. The van der Waals surface area contributed by atoms with Gasteiger partial charge in [0.05, 0.1) is 5.92 Å². The summed E-state index contributed by atoms with van der Waals surface area (Å²) in [7, 11) is 0. The average Bonchev–Trinajstić information content (AvgIpc) is 3.28. The zero-order valence-corrected chi connectivity index (χ0v) is 14.8. The zero-order valence-electron chi connectivity index (χ0n) is 14.8. The molecule has 0 aromatic heterocycles. The number of carbonyl (C=O) groups is 2. The Hall–Kier alpha value is -1.88. The standard InChI is InChI=1S/C19H27N3O2/c1-11-6-12(2)18(13(3)7-11)22-10-15(8-17(22)23)19(24)21-9-16(20)14-4-5-14/h6-7,14-16H,4-5,8-10,20H2,1-3H3,(H,21,24). The first kappa shape index (κ1) is 17.0. The number of benzene rings is 1. The summed E-state index contributed by atoms with van der Waals surface area (Å²) in [5.74, 6) is 0.245. The van der Waals surface area contributed by atoms with Gasteiger partial charge in [0, 0.05) is 31.2 Å². The highest BCUT2D eigenvalue weighted by atomic mass is 16.2. The molecule has 2 fully saturated rings. The van der Waals surface area contributed by atoms with Crippen LogP contribution in [0.1, 0.15) is 36.0 Å². The van der Waals surface area contributed by atoms with Crippen LogP contribution in [-0.2, 0) is 9.59 Å². The fourth-order valence-electron chi connectivity index (χ4n) is 3.75. The molecule has 2 unspecified atom stereocenters. The van der Waals surface area contributed by atoms with Crippen molar-refractivity contribution < 1.29 is 9.59 Å². The molecule has 3 N–H and O–H groups in total. The molecular formula is C19H27N3O2. The van der Waals surface area contributed by atoms with E-state index in [9.17, 15) is 9.59 Å². The lowest BCUT2D eigenvalue weighted by Gasteiger charge is -2.22. The second kappa shape index (κ2) is 6.55. The van der Waals surface area contributed by atoms with Gasteiger partial charge in [0.25, 0.3) is 0 Å². The molecule has 0 bridgehead atoms. The third kappa shape index (κ3) is 3.46. The Kier molecular flexibility index (Phi) is 4.63. The summed E-state index contributed by atoms with van der Waals surface area (Å²) in [6.07, 6.45) is 2.61. The van der Waals surface area contributed by atoms with E-state index >= 15 is 0 Å². The van der Waals surface area contributed by atoms with Crippen LogP contribution in [0.3, 0.4) is 0 Å². The van der Waals surface area contributed by atoms with Crippen LogP contribution < -0.4 is 16.0 Å². The minimum absolute atomic E-state index is 0.0247. The number of anilines is 1. The Bertz CT molecular complexity index is 644. The van der Waals surface area contributed by atoms with E-state index in [-0.39, 0.29) is 30.2 Å². The normalized spacial score (nSPS) is 21.9. The van der Waals surface area contributed by atoms with E-state index in [2.05, 4.69) is 24.4 Å². The maximum absolute atomic E-state index is 12.5. The number of nitrogens with zero attached hydrogens (tertiary/aromatic N) is 1. The van der Waals surface area contributed by atoms with E-state index in [1.54, 1.807) is 4.90 Å². The van der Waals surface area contributed by atoms with Crippen LogP contribution >= 0.6 is 0 Å². The molecule has 1 saturated carbocycles. The highest BCUT2D eigenvalue weighted by Crippen LogP contribution is 2.33. The molecule has 2 atom stereocenters. The molecule has 3 rings (SSSR count). The number of hydrogen-bond acceptors (Lipinski definition) is 3. The molecule has 2 amide bonds. The molecule has 1 heterocycles. The van der Waals surface area contributed by atoms with Gasteiger partial charge in [0.2, 0.25) is 11.8 Å². The predicted molar refractivity (Wildman–Crippen MR) is 94.8 cm³/mol. The maximum atomic E-state index is 12.5. The molecular weight excluding hydrogens is 302 g/mol. The van der Waals surface area contributed by atoms with E-state index < -0.39 is 0 Å². The summed E-state index contributed by atoms with van der Waals surface area (Å²) in [5, 5.41) is 2.93. The Morgan fingerprint density at radius 3 is 2.50 bits per heavy atom. The number of rotatable bonds is 5. The van der Waals surface area contributed by atoms with Crippen molar-refractivity contribution in [3.8, 4) is 0 Å². The Balaban J connectivity index is 1.66. The van der Waals surface area contributed by atoms with Gasteiger partial charge in [-0.3, -0.25) is 9.59 Å². The monoisotopic (exact) mass is 329 g/mol. The number of amides is 2. The number of aryl methyl sites for hydroxylation is 3. The first-order valence-corrected chi connectivity index (χ1v) is 8.78. The Morgan fingerprint density at radius 2 is 1.92 bits per heavy atom. The van der Waals surface area contributed by atoms with Crippen LogP contribution in [0.5, 0.6) is 0 Å². The van der Waals surface area contributed by atoms with Crippen molar-refractivity contribution in [3.63, 3.8) is 0 Å². The average molecular weight is 329 g/mol. The van der Waals surface area contributed by atoms with E-state index in [1.165, 1.54) is 18.4 Å². The number of nitrogens with two attached hydrogens (primary N) is 1. The Labute approximate surface area is 143 Å². The molecule has 1 aliphatic heterocycles. The lowest BCUT2D eigenvalue weighted by atomic mass is 10.0. The van der Waals surface area contributed by atoms with Gasteiger partial charge in [-0.2, -0.15) is 0 Å². The van der Waals surface area contributed by atoms with Crippen LogP contribution in [0.15, 0.2) is 12.1 Å². The second-order valence-corrected chi connectivity index (χ2v) is 7.40. The van der Waals surface area contributed by atoms with Gasteiger partial charge in [-0.1, -0.05) is 17.7 Å². The van der Waals surface area contributed by atoms with E-state index in [0.717, 1.165) is 16.8 Å². The van der Waals surface area contributed by atoms with E-state index in [4.69, 9.17) is 5.73 Å². The van der Waals surface area contributed by atoms with Crippen molar-refractivity contribution in [3.05, 3.63) is 28.8 Å². The van der Waals surface area contributed by atoms with Crippen LogP contribution in [0, 0.1) is 32.6 Å². The topological polar surface area (TPSA) is 75.4 Å². The van der Waals surface area contributed by atoms with Gasteiger partial charge in [0.1, 0.15) is 0 Å². The molecule has 5 nitrogen and oxygen atoms in total. The van der Waals surface area contributed by atoms with Crippen LogP contribution in [0.25, 0.3) is 0 Å². The zero-order chi connectivity index (χ0) is 17.4. The molecule has 1 aromatic rings. The second-order valence-electron chi connectivity index (χ2n) is 7.40. The first-order chi connectivity index (χ1) is 11.4. The Morgan fingerprint density at radius 1 is 1.29 bits per heavy atom. The molecule has 24 heavy (non-hydrogen) atoms. The summed E-state index contributed by atoms with van der Waals surface area (Å²) in [4.78, 5) is 26.6. The van der Waals surface area contributed by atoms with Crippen molar-refractivity contribution in [2.75, 3.05) is 18.0 Å². The molecule has 0 radical (unpaired) electrons. The molecule has 130 valence electrons. The van der Waals surface area contributed by atoms with Crippen molar-refractivity contribution in [1.82, 2.24) is 5.32 Å².